The molecule has 0 radical (unpaired) electrons. The molecule has 0 bridgehead atoms. The van der Waals surface area contributed by atoms with Gasteiger partial charge in [0.05, 0.1) is 29.3 Å². The van der Waals surface area contributed by atoms with Gasteiger partial charge in [-0.3, -0.25) is 4.79 Å². The number of hydrogen-bond donors (Lipinski definition) is 1. The summed E-state index contributed by atoms with van der Waals surface area (Å²) < 4.78 is 0. The largest absolute Gasteiger partial charge is 0.352 e. The summed E-state index contributed by atoms with van der Waals surface area (Å²) in [6.07, 6.45) is 0.0923. The Balaban J connectivity index is 2.55. The van der Waals surface area contributed by atoms with E-state index in [1.807, 2.05) is 30.9 Å². The van der Waals surface area contributed by atoms with Crippen molar-refractivity contribution in [3.8, 4) is 12.1 Å². The van der Waals surface area contributed by atoms with Crippen LogP contribution in [0.2, 0.25) is 0 Å². The van der Waals surface area contributed by atoms with Gasteiger partial charge in [-0.1, -0.05) is 12.1 Å². The Labute approximate surface area is 118 Å². The number of nitrogens with zero attached hydrogens (tertiary/aromatic N) is 3. The molecule has 2 rings (SSSR count). The second-order valence-electron chi connectivity index (χ2n) is 5.41. The standard InChI is InChI=1S/C15H16N4O/c1-15(2)10-18-14(20)13(7-8-16)19(15)12-6-4-3-5-11(12)9-17/h3-6,13H,7,10H2,1-2H3,(H,18,20). The average molecular weight is 268 g/mol. The quantitative estimate of drug-likeness (QED) is 0.882. The third-order valence-corrected chi connectivity index (χ3v) is 3.53. The van der Waals surface area contributed by atoms with Gasteiger partial charge in [0, 0.05) is 6.54 Å². The lowest BCUT2D eigenvalue weighted by Crippen LogP contribution is -2.66. The van der Waals surface area contributed by atoms with E-state index < -0.39 is 6.04 Å². The van der Waals surface area contributed by atoms with Crippen LogP contribution in [0.3, 0.4) is 0 Å². The van der Waals surface area contributed by atoms with E-state index in [1.165, 1.54) is 0 Å². The van der Waals surface area contributed by atoms with Crippen LogP contribution in [0.15, 0.2) is 24.3 Å². The summed E-state index contributed by atoms with van der Waals surface area (Å²) >= 11 is 0. The van der Waals surface area contributed by atoms with Gasteiger partial charge in [0.1, 0.15) is 12.1 Å². The van der Waals surface area contributed by atoms with Crippen molar-refractivity contribution < 1.29 is 4.79 Å². The minimum absolute atomic E-state index is 0.0923. The van der Waals surface area contributed by atoms with Crippen LogP contribution < -0.4 is 10.2 Å². The predicted octanol–water partition coefficient (Wildman–Crippen LogP) is 1.56. The van der Waals surface area contributed by atoms with Gasteiger partial charge >= 0.3 is 0 Å². The Kier molecular flexibility index (Phi) is 3.63. The first-order chi connectivity index (χ1) is 9.51. The van der Waals surface area contributed by atoms with Crippen LogP contribution in [0.25, 0.3) is 0 Å². The third-order valence-electron chi connectivity index (χ3n) is 3.53. The van der Waals surface area contributed by atoms with Crippen molar-refractivity contribution in [2.24, 2.45) is 0 Å². The minimum Gasteiger partial charge on any atom is -0.352 e. The number of carbonyl (C=O) groups is 1. The molecule has 1 aromatic carbocycles. The lowest BCUT2D eigenvalue weighted by Gasteiger charge is -2.48. The number of amides is 1. The van der Waals surface area contributed by atoms with Crippen LogP contribution in [0.1, 0.15) is 25.8 Å². The second-order valence-corrected chi connectivity index (χ2v) is 5.41. The fourth-order valence-corrected chi connectivity index (χ4v) is 2.59. The molecule has 1 unspecified atom stereocenters. The number of rotatable bonds is 2. The molecule has 1 atom stereocenters. The normalized spacial score (nSPS) is 20.7. The van der Waals surface area contributed by atoms with Gasteiger partial charge in [0.2, 0.25) is 5.91 Å². The lowest BCUT2D eigenvalue weighted by molar-refractivity contribution is -0.124. The maximum atomic E-state index is 12.1. The van der Waals surface area contributed by atoms with Crippen molar-refractivity contribution in [2.45, 2.75) is 31.8 Å². The zero-order valence-corrected chi connectivity index (χ0v) is 11.6. The average Bonchev–Trinajstić information content (AvgIpc) is 2.43. The highest BCUT2D eigenvalue weighted by Gasteiger charge is 2.41. The van der Waals surface area contributed by atoms with Crippen molar-refractivity contribution in [3.63, 3.8) is 0 Å². The van der Waals surface area contributed by atoms with Crippen LogP contribution in [0.5, 0.6) is 0 Å². The van der Waals surface area contributed by atoms with Gasteiger partial charge in [0.25, 0.3) is 0 Å². The van der Waals surface area contributed by atoms with Crippen molar-refractivity contribution in [1.82, 2.24) is 5.32 Å². The first-order valence-electron chi connectivity index (χ1n) is 6.44. The van der Waals surface area contributed by atoms with Crippen molar-refractivity contribution in [1.29, 1.82) is 10.5 Å². The number of anilines is 1. The molecule has 1 saturated heterocycles. The molecule has 1 fully saturated rings. The number of carbonyl (C=O) groups excluding carboxylic acids is 1. The molecule has 102 valence electrons. The van der Waals surface area contributed by atoms with Crippen molar-refractivity contribution in [3.05, 3.63) is 29.8 Å². The summed E-state index contributed by atoms with van der Waals surface area (Å²) in [6.45, 7) is 4.46. The van der Waals surface area contributed by atoms with E-state index in [2.05, 4.69) is 17.5 Å². The molecule has 0 aromatic heterocycles. The molecule has 0 saturated carbocycles. The zero-order chi connectivity index (χ0) is 14.8. The number of nitriles is 2. The van der Waals surface area contributed by atoms with Gasteiger partial charge in [-0.25, -0.2) is 0 Å². The molecule has 20 heavy (non-hydrogen) atoms. The van der Waals surface area contributed by atoms with Crippen LogP contribution in [-0.4, -0.2) is 24.0 Å². The Bertz CT molecular complexity index is 609. The Hall–Kier alpha value is -2.53. The van der Waals surface area contributed by atoms with Gasteiger partial charge in [-0.15, -0.1) is 0 Å². The van der Waals surface area contributed by atoms with Crippen molar-refractivity contribution >= 4 is 11.6 Å². The SMILES string of the molecule is CC1(C)CNC(=O)C(CC#N)N1c1ccccc1C#N. The molecule has 1 heterocycles. The van der Waals surface area contributed by atoms with E-state index in [-0.39, 0.29) is 17.9 Å². The number of hydrogen-bond acceptors (Lipinski definition) is 4. The highest BCUT2D eigenvalue weighted by Crippen LogP contribution is 2.32. The van der Waals surface area contributed by atoms with E-state index in [0.29, 0.717) is 17.8 Å². The Morgan fingerprint density at radius 1 is 1.40 bits per heavy atom. The first kappa shape index (κ1) is 13.9. The third kappa shape index (κ3) is 2.31. The smallest absolute Gasteiger partial charge is 0.243 e. The van der Waals surface area contributed by atoms with Gasteiger partial charge in [-0.05, 0) is 26.0 Å². The van der Waals surface area contributed by atoms with E-state index in [9.17, 15) is 10.1 Å². The highest BCUT2D eigenvalue weighted by atomic mass is 16.2. The number of para-hydroxylation sites is 1. The Morgan fingerprint density at radius 3 is 2.75 bits per heavy atom. The van der Waals surface area contributed by atoms with E-state index in [0.717, 1.165) is 0 Å². The molecule has 0 spiro atoms. The highest BCUT2D eigenvalue weighted by molar-refractivity contribution is 5.88. The van der Waals surface area contributed by atoms with Crippen LogP contribution in [0, 0.1) is 22.7 Å². The molecule has 5 nitrogen and oxygen atoms in total. The maximum absolute atomic E-state index is 12.1. The molecule has 5 heteroatoms. The Morgan fingerprint density at radius 2 is 2.10 bits per heavy atom. The van der Waals surface area contributed by atoms with Gasteiger partial charge in [-0.2, -0.15) is 10.5 Å². The molecular formula is C15H16N4O. The lowest BCUT2D eigenvalue weighted by atomic mass is 9.92. The van der Waals surface area contributed by atoms with E-state index in [1.54, 1.807) is 12.1 Å². The molecule has 1 aliphatic rings. The topological polar surface area (TPSA) is 79.9 Å². The summed E-state index contributed by atoms with van der Waals surface area (Å²) in [6, 6.07) is 10.8. The molecule has 1 aliphatic heterocycles. The fourth-order valence-electron chi connectivity index (χ4n) is 2.59. The van der Waals surface area contributed by atoms with E-state index in [4.69, 9.17) is 5.26 Å². The van der Waals surface area contributed by atoms with E-state index >= 15 is 0 Å². The maximum Gasteiger partial charge on any atom is 0.243 e. The molecule has 1 aromatic rings. The van der Waals surface area contributed by atoms with Crippen LogP contribution >= 0.6 is 0 Å². The first-order valence-corrected chi connectivity index (χ1v) is 6.44. The monoisotopic (exact) mass is 268 g/mol. The summed E-state index contributed by atoms with van der Waals surface area (Å²) in [5.74, 6) is -0.168. The summed E-state index contributed by atoms with van der Waals surface area (Å²) in [4.78, 5) is 14.0. The summed E-state index contributed by atoms with van der Waals surface area (Å²) in [5, 5.41) is 21.1. The van der Waals surface area contributed by atoms with Crippen LogP contribution in [0.4, 0.5) is 5.69 Å². The molecule has 0 aliphatic carbocycles. The number of piperazine rings is 1. The van der Waals surface area contributed by atoms with Crippen molar-refractivity contribution in [2.75, 3.05) is 11.4 Å². The predicted molar refractivity (Wildman–Crippen MR) is 74.7 cm³/mol. The van der Waals surface area contributed by atoms with Crippen LogP contribution in [-0.2, 0) is 4.79 Å². The van der Waals surface area contributed by atoms with Gasteiger partial charge in [0.15, 0.2) is 0 Å². The summed E-state index contributed by atoms with van der Waals surface area (Å²) in [5.41, 5.74) is 0.857. The van der Waals surface area contributed by atoms with Gasteiger partial charge < -0.3 is 10.2 Å². The summed E-state index contributed by atoms with van der Waals surface area (Å²) in [7, 11) is 0. The fraction of sp³-hybridized carbons (Fsp3) is 0.400. The molecule has 1 amide bonds. The number of nitrogens with one attached hydrogen (secondary N) is 1. The molecule has 1 N–H and O–H groups in total. The second kappa shape index (κ2) is 5.22. The number of benzene rings is 1. The zero-order valence-electron chi connectivity index (χ0n) is 11.6. The molecular weight excluding hydrogens is 252 g/mol. The minimum atomic E-state index is -0.571.